The topological polar surface area (TPSA) is 54.2 Å². The highest BCUT2D eigenvalue weighted by Gasteiger charge is 2.02. The van der Waals surface area contributed by atoms with Crippen LogP contribution in [0.1, 0.15) is 18.4 Å². The molecule has 0 saturated carbocycles. The Balaban J connectivity index is 1.70. The second kappa shape index (κ2) is 10.8. The summed E-state index contributed by atoms with van der Waals surface area (Å²) in [6.07, 6.45) is 9.48. The Bertz CT molecular complexity index is 609. The van der Waals surface area contributed by atoms with Crippen molar-refractivity contribution in [3.63, 3.8) is 0 Å². The number of hydrogen-bond acceptors (Lipinski definition) is 3. The second-order valence-corrected chi connectivity index (χ2v) is 6.49. The van der Waals surface area contributed by atoms with Crippen molar-refractivity contribution in [2.75, 3.05) is 32.1 Å². The first-order valence-corrected chi connectivity index (χ1v) is 9.75. The van der Waals surface area contributed by atoms with E-state index < -0.39 is 0 Å². The molecule has 6 heteroatoms. The molecule has 2 aromatic rings. The van der Waals surface area contributed by atoms with Gasteiger partial charge in [0.2, 0.25) is 0 Å². The third kappa shape index (κ3) is 6.28. The molecule has 0 aliphatic heterocycles. The molecule has 5 nitrogen and oxygen atoms in total. The Morgan fingerprint density at radius 3 is 2.71 bits per heavy atom. The van der Waals surface area contributed by atoms with E-state index in [1.54, 1.807) is 0 Å². The van der Waals surface area contributed by atoms with Crippen molar-refractivity contribution in [2.24, 2.45) is 4.99 Å². The minimum atomic E-state index is 0.838. The van der Waals surface area contributed by atoms with Gasteiger partial charge in [0.1, 0.15) is 0 Å². The first-order valence-electron chi connectivity index (χ1n) is 8.36. The van der Waals surface area contributed by atoms with E-state index in [9.17, 15) is 0 Å². The molecule has 0 amide bonds. The zero-order valence-electron chi connectivity index (χ0n) is 14.5. The van der Waals surface area contributed by atoms with E-state index in [2.05, 4.69) is 45.3 Å². The van der Waals surface area contributed by atoms with Gasteiger partial charge in [-0.25, -0.2) is 4.68 Å². The minimum absolute atomic E-state index is 0.838. The standard InChI is InChI=1S/C18H27N5S/c1-19-18(20-11-6-7-13-24-2)21-12-10-16-14-22-23(15-16)17-8-4-3-5-9-17/h3-5,8-9,14-15H,6-7,10-13H2,1-2H3,(H2,19,20,21). The first kappa shape index (κ1) is 18.4. The number of nitrogens with zero attached hydrogens (tertiary/aromatic N) is 3. The van der Waals surface area contributed by atoms with E-state index in [1.165, 1.54) is 24.2 Å². The maximum Gasteiger partial charge on any atom is 0.190 e. The van der Waals surface area contributed by atoms with E-state index in [-0.39, 0.29) is 0 Å². The van der Waals surface area contributed by atoms with Gasteiger partial charge in [0.05, 0.1) is 11.9 Å². The summed E-state index contributed by atoms with van der Waals surface area (Å²) in [6.45, 7) is 1.80. The molecule has 0 unspecified atom stereocenters. The van der Waals surface area contributed by atoms with Crippen LogP contribution >= 0.6 is 11.8 Å². The van der Waals surface area contributed by atoms with Crippen molar-refractivity contribution in [3.8, 4) is 5.69 Å². The van der Waals surface area contributed by atoms with E-state index in [0.717, 1.165) is 31.2 Å². The number of thioether (sulfide) groups is 1. The van der Waals surface area contributed by atoms with Crippen molar-refractivity contribution in [1.82, 2.24) is 20.4 Å². The number of para-hydroxylation sites is 1. The molecule has 130 valence electrons. The van der Waals surface area contributed by atoms with Gasteiger partial charge in [0, 0.05) is 26.3 Å². The van der Waals surface area contributed by atoms with Crippen LogP contribution in [0.3, 0.4) is 0 Å². The fourth-order valence-corrected chi connectivity index (χ4v) is 2.83. The summed E-state index contributed by atoms with van der Waals surface area (Å²) in [6, 6.07) is 10.2. The number of aromatic nitrogens is 2. The lowest BCUT2D eigenvalue weighted by Crippen LogP contribution is -2.38. The van der Waals surface area contributed by atoms with Crippen molar-refractivity contribution < 1.29 is 0 Å². The van der Waals surface area contributed by atoms with Gasteiger partial charge in [-0.3, -0.25) is 4.99 Å². The lowest BCUT2D eigenvalue weighted by Gasteiger charge is -2.11. The van der Waals surface area contributed by atoms with Gasteiger partial charge in [0.15, 0.2) is 5.96 Å². The van der Waals surface area contributed by atoms with E-state index in [1.807, 2.05) is 47.9 Å². The van der Waals surface area contributed by atoms with Gasteiger partial charge in [0.25, 0.3) is 0 Å². The average molecular weight is 346 g/mol. The smallest absolute Gasteiger partial charge is 0.190 e. The van der Waals surface area contributed by atoms with Crippen LogP contribution in [-0.4, -0.2) is 47.9 Å². The SMILES string of the molecule is CN=C(NCCCCSC)NCCc1cnn(-c2ccccc2)c1. The maximum absolute atomic E-state index is 4.42. The summed E-state index contributed by atoms with van der Waals surface area (Å²) < 4.78 is 1.91. The van der Waals surface area contributed by atoms with Crippen LogP contribution in [0.2, 0.25) is 0 Å². The normalized spacial score (nSPS) is 11.5. The van der Waals surface area contributed by atoms with Crippen LogP contribution in [0.4, 0.5) is 0 Å². The molecule has 1 aromatic heterocycles. The summed E-state index contributed by atoms with van der Waals surface area (Å²) in [5.74, 6) is 2.09. The molecule has 2 N–H and O–H groups in total. The highest BCUT2D eigenvalue weighted by atomic mass is 32.2. The Morgan fingerprint density at radius 1 is 1.17 bits per heavy atom. The van der Waals surface area contributed by atoms with Crippen LogP contribution in [0.25, 0.3) is 5.69 Å². The van der Waals surface area contributed by atoms with E-state index >= 15 is 0 Å². The van der Waals surface area contributed by atoms with Crippen molar-refractivity contribution >= 4 is 17.7 Å². The van der Waals surface area contributed by atoms with Crippen molar-refractivity contribution in [1.29, 1.82) is 0 Å². The van der Waals surface area contributed by atoms with Crippen LogP contribution in [0.5, 0.6) is 0 Å². The average Bonchev–Trinajstić information content (AvgIpc) is 3.09. The predicted molar refractivity (Wildman–Crippen MR) is 104 cm³/mol. The zero-order valence-corrected chi connectivity index (χ0v) is 15.4. The molecule has 0 radical (unpaired) electrons. The third-order valence-electron chi connectivity index (χ3n) is 3.65. The Kier molecular flexibility index (Phi) is 8.24. The van der Waals surface area contributed by atoms with E-state index in [0.29, 0.717) is 0 Å². The fourth-order valence-electron chi connectivity index (χ4n) is 2.34. The molecular formula is C18H27N5S. The lowest BCUT2D eigenvalue weighted by atomic mass is 10.2. The summed E-state index contributed by atoms with van der Waals surface area (Å²) in [5, 5.41) is 11.1. The zero-order chi connectivity index (χ0) is 17.0. The number of guanidine groups is 1. The largest absolute Gasteiger partial charge is 0.356 e. The predicted octanol–water partition coefficient (Wildman–Crippen LogP) is 2.72. The van der Waals surface area contributed by atoms with Crippen LogP contribution in [-0.2, 0) is 6.42 Å². The quantitative estimate of drug-likeness (QED) is 0.417. The van der Waals surface area contributed by atoms with Crippen molar-refractivity contribution in [3.05, 3.63) is 48.3 Å². The number of aliphatic imine (C=N–C) groups is 1. The molecule has 2 rings (SSSR count). The van der Waals surface area contributed by atoms with E-state index in [4.69, 9.17) is 0 Å². The third-order valence-corrected chi connectivity index (χ3v) is 4.35. The molecule has 0 spiro atoms. The second-order valence-electron chi connectivity index (χ2n) is 5.50. The molecule has 0 bridgehead atoms. The summed E-state index contributed by atoms with van der Waals surface area (Å²) >= 11 is 1.90. The first-order chi connectivity index (χ1) is 11.8. The number of nitrogens with one attached hydrogen (secondary N) is 2. The molecular weight excluding hydrogens is 318 g/mol. The van der Waals surface area contributed by atoms with Gasteiger partial charge in [-0.2, -0.15) is 16.9 Å². The highest BCUT2D eigenvalue weighted by molar-refractivity contribution is 7.98. The van der Waals surface area contributed by atoms with Gasteiger partial charge in [-0.1, -0.05) is 18.2 Å². The molecule has 0 saturated heterocycles. The number of unbranched alkanes of at least 4 members (excludes halogenated alkanes) is 1. The van der Waals surface area contributed by atoms with Gasteiger partial charge < -0.3 is 10.6 Å². The molecule has 24 heavy (non-hydrogen) atoms. The van der Waals surface area contributed by atoms with Crippen LogP contribution < -0.4 is 10.6 Å². The Morgan fingerprint density at radius 2 is 1.96 bits per heavy atom. The van der Waals surface area contributed by atoms with Crippen LogP contribution in [0.15, 0.2) is 47.7 Å². The molecule has 0 fully saturated rings. The molecule has 0 atom stereocenters. The lowest BCUT2D eigenvalue weighted by molar-refractivity contribution is 0.730. The molecule has 1 aromatic carbocycles. The summed E-state index contributed by atoms with van der Waals surface area (Å²) in [5.41, 5.74) is 2.29. The fraction of sp³-hybridized carbons (Fsp3) is 0.444. The minimum Gasteiger partial charge on any atom is -0.356 e. The summed E-state index contributed by atoms with van der Waals surface area (Å²) in [7, 11) is 1.81. The monoisotopic (exact) mass is 345 g/mol. The van der Waals surface area contributed by atoms with Gasteiger partial charge in [-0.15, -0.1) is 0 Å². The molecule has 0 aliphatic carbocycles. The molecule has 0 aliphatic rings. The summed E-state index contributed by atoms with van der Waals surface area (Å²) in [4.78, 5) is 4.26. The van der Waals surface area contributed by atoms with Gasteiger partial charge in [-0.05, 0) is 49.0 Å². The molecule has 1 heterocycles. The number of benzene rings is 1. The highest BCUT2D eigenvalue weighted by Crippen LogP contribution is 2.07. The Labute approximate surface area is 148 Å². The van der Waals surface area contributed by atoms with Gasteiger partial charge >= 0.3 is 0 Å². The van der Waals surface area contributed by atoms with Crippen LogP contribution in [0, 0.1) is 0 Å². The number of rotatable bonds is 9. The maximum atomic E-state index is 4.42. The van der Waals surface area contributed by atoms with Crippen molar-refractivity contribution in [2.45, 2.75) is 19.3 Å². The number of hydrogen-bond donors (Lipinski definition) is 2. The Hall–Kier alpha value is -1.95.